The molecule has 0 bridgehead atoms. The molecule has 0 aromatic rings. The Kier molecular flexibility index (Phi) is 1.96. The largest absolute Gasteiger partial charge is 0.393 e. The van der Waals surface area contributed by atoms with E-state index in [9.17, 15) is 10.2 Å². The van der Waals surface area contributed by atoms with E-state index in [2.05, 4.69) is 0 Å². The molecule has 0 radical (unpaired) electrons. The summed E-state index contributed by atoms with van der Waals surface area (Å²) in [6.07, 6.45) is -1.37. The van der Waals surface area contributed by atoms with Crippen LogP contribution in [0.1, 0.15) is 6.92 Å². The predicted octanol–water partition coefficient (Wildman–Crippen LogP) is -1.51. The van der Waals surface area contributed by atoms with Crippen LogP contribution in [-0.4, -0.2) is 46.3 Å². The molecule has 0 aromatic carbocycles. The molecule has 10 heavy (non-hydrogen) atoms. The van der Waals surface area contributed by atoms with Gasteiger partial charge in [-0.1, -0.05) is 0 Å². The molecule has 0 amide bonds. The molecular formula is C6H12O4. The number of rotatable bonds is 1. The van der Waals surface area contributed by atoms with Crippen molar-refractivity contribution in [2.75, 3.05) is 13.2 Å². The molecule has 1 aliphatic rings. The van der Waals surface area contributed by atoms with Crippen LogP contribution in [0.4, 0.5) is 0 Å². The Morgan fingerprint density at radius 2 is 2.30 bits per heavy atom. The lowest BCUT2D eigenvalue weighted by atomic mass is 9.99. The van der Waals surface area contributed by atoms with Gasteiger partial charge in [0.1, 0.15) is 11.7 Å². The van der Waals surface area contributed by atoms with E-state index >= 15 is 0 Å². The summed E-state index contributed by atoms with van der Waals surface area (Å²) < 4.78 is 4.91. The highest BCUT2D eigenvalue weighted by molar-refractivity contribution is 4.94. The van der Waals surface area contributed by atoms with Crippen molar-refractivity contribution < 1.29 is 20.1 Å². The van der Waals surface area contributed by atoms with Gasteiger partial charge in [0, 0.05) is 0 Å². The van der Waals surface area contributed by atoms with Gasteiger partial charge in [-0.3, -0.25) is 0 Å². The van der Waals surface area contributed by atoms with E-state index in [4.69, 9.17) is 9.84 Å². The van der Waals surface area contributed by atoms with E-state index in [0.29, 0.717) is 0 Å². The minimum atomic E-state index is -1.45. The van der Waals surface area contributed by atoms with Crippen LogP contribution >= 0.6 is 0 Å². The summed E-state index contributed by atoms with van der Waals surface area (Å²) in [5.74, 6) is 0. The van der Waals surface area contributed by atoms with Gasteiger partial charge in [-0.25, -0.2) is 0 Å². The first kappa shape index (κ1) is 7.94. The summed E-state index contributed by atoms with van der Waals surface area (Å²) >= 11 is 0. The van der Waals surface area contributed by atoms with E-state index in [0.717, 1.165) is 0 Å². The number of hydrogen-bond acceptors (Lipinski definition) is 4. The quantitative estimate of drug-likeness (QED) is 0.423. The van der Waals surface area contributed by atoms with Crippen molar-refractivity contribution in [3.63, 3.8) is 0 Å². The summed E-state index contributed by atoms with van der Waals surface area (Å²) in [6, 6.07) is 0. The molecule has 1 rings (SSSR count). The van der Waals surface area contributed by atoms with Crippen LogP contribution in [0, 0.1) is 0 Å². The van der Waals surface area contributed by atoms with Crippen molar-refractivity contribution in [2.45, 2.75) is 24.7 Å². The fourth-order valence-electron chi connectivity index (χ4n) is 1.03. The number of aliphatic hydroxyl groups is 3. The van der Waals surface area contributed by atoms with E-state index in [1.807, 2.05) is 0 Å². The third kappa shape index (κ3) is 1.03. The van der Waals surface area contributed by atoms with Crippen molar-refractivity contribution in [1.82, 2.24) is 0 Å². The molecule has 3 atom stereocenters. The average Bonchev–Trinajstić information content (AvgIpc) is 2.19. The molecular weight excluding hydrogens is 136 g/mol. The van der Waals surface area contributed by atoms with E-state index in [1.165, 1.54) is 0 Å². The third-order valence-electron chi connectivity index (χ3n) is 1.87. The smallest absolute Gasteiger partial charge is 0.139 e. The van der Waals surface area contributed by atoms with Crippen molar-refractivity contribution in [3.8, 4) is 0 Å². The Morgan fingerprint density at radius 3 is 2.50 bits per heavy atom. The first-order valence-corrected chi connectivity index (χ1v) is 3.23. The molecule has 1 aliphatic heterocycles. The highest BCUT2D eigenvalue weighted by Gasteiger charge is 2.45. The fraction of sp³-hybridized carbons (Fsp3) is 1.00. The van der Waals surface area contributed by atoms with Gasteiger partial charge >= 0.3 is 0 Å². The zero-order valence-electron chi connectivity index (χ0n) is 5.82. The Bertz CT molecular complexity index is 127. The number of hydrogen-bond donors (Lipinski definition) is 3. The zero-order valence-corrected chi connectivity index (χ0v) is 5.82. The van der Waals surface area contributed by atoms with Crippen LogP contribution in [0.25, 0.3) is 0 Å². The Morgan fingerprint density at radius 1 is 1.70 bits per heavy atom. The van der Waals surface area contributed by atoms with Crippen LogP contribution in [0.5, 0.6) is 0 Å². The molecule has 0 saturated carbocycles. The second-order valence-electron chi connectivity index (χ2n) is 2.72. The maximum absolute atomic E-state index is 9.31. The van der Waals surface area contributed by atoms with E-state index in [1.54, 1.807) is 6.92 Å². The van der Waals surface area contributed by atoms with E-state index < -0.39 is 24.4 Å². The van der Waals surface area contributed by atoms with Gasteiger partial charge in [0.2, 0.25) is 0 Å². The van der Waals surface area contributed by atoms with Crippen LogP contribution in [0.15, 0.2) is 0 Å². The Labute approximate surface area is 59.1 Å². The maximum atomic E-state index is 9.31. The molecule has 1 saturated heterocycles. The summed E-state index contributed by atoms with van der Waals surface area (Å²) in [6.45, 7) is 1.20. The molecule has 0 spiro atoms. The molecule has 0 aromatic heterocycles. The molecule has 0 aliphatic carbocycles. The van der Waals surface area contributed by atoms with Crippen LogP contribution in [0.3, 0.4) is 0 Å². The number of ether oxygens (including phenoxy) is 1. The second kappa shape index (κ2) is 2.47. The standard InChI is InChI=1S/C6H12O4/c1-4-5(8)6(9,2-7)3-10-4/h4-5,7-9H,2-3H2,1H3/t4-,5+,6?/m0/s1. The van der Waals surface area contributed by atoms with Gasteiger partial charge in [0.15, 0.2) is 0 Å². The van der Waals surface area contributed by atoms with Gasteiger partial charge in [-0.2, -0.15) is 0 Å². The van der Waals surface area contributed by atoms with Gasteiger partial charge in [0.25, 0.3) is 0 Å². The molecule has 60 valence electrons. The van der Waals surface area contributed by atoms with Crippen LogP contribution < -0.4 is 0 Å². The average molecular weight is 148 g/mol. The van der Waals surface area contributed by atoms with Crippen molar-refractivity contribution in [2.24, 2.45) is 0 Å². The van der Waals surface area contributed by atoms with Crippen LogP contribution in [0.2, 0.25) is 0 Å². The monoisotopic (exact) mass is 148 g/mol. The predicted molar refractivity (Wildman–Crippen MR) is 33.5 cm³/mol. The minimum Gasteiger partial charge on any atom is -0.393 e. The number of aliphatic hydroxyl groups excluding tert-OH is 2. The summed E-state index contributed by atoms with van der Waals surface area (Å²) in [7, 11) is 0. The molecule has 3 N–H and O–H groups in total. The lowest BCUT2D eigenvalue weighted by Crippen LogP contribution is -2.46. The Balaban J connectivity index is 2.64. The highest BCUT2D eigenvalue weighted by atomic mass is 16.5. The fourth-order valence-corrected chi connectivity index (χ4v) is 1.03. The van der Waals surface area contributed by atoms with E-state index in [-0.39, 0.29) is 6.61 Å². The lowest BCUT2D eigenvalue weighted by Gasteiger charge is -2.22. The van der Waals surface area contributed by atoms with Gasteiger partial charge in [-0.05, 0) is 6.92 Å². The van der Waals surface area contributed by atoms with Crippen molar-refractivity contribution in [1.29, 1.82) is 0 Å². The topological polar surface area (TPSA) is 69.9 Å². The van der Waals surface area contributed by atoms with Crippen molar-refractivity contribution in [3.05, 3.63) is 0 Å². The minimum absolute atomic E-state index is 0.00579. The second-order valence-corrected chi connectivity index (χ2v) is 2.72. The summed E-state index contributed by atoms with van der Waals surface area (Å²) in [5.41, 5.74) is -1.45. The normalized spacial score (nSPS) is 48.0. The van der Waals surface area contributed by atoms with Gasteiger partial charge < -0.3 is 20.1 Å². The maximum Gasteiger partial charge on any atom is 0.139 e. The highest BCUT2D eigenvalue weighted by Crippen LogP contribution is 2.23. The molecule has 1 unspecified atom stereocenters. The summed E-state index contributed by atoms with van der Waals surface area (Å²) in [5, 5.41) is 27.1. The molecule has 4 heteroatoms. The summed E-state index contributed by atoms with van der Waals surface area (Å²) in [4.78, 5) is 0. The molecule has 1 heterocycles. The first-order valence-electron chi connectivity index (χ1n) is 3.23. The van der Waals surface area contributed by atoms with Crippen LogP contribution in [-0.2, 0) is 4.74 Å². The first-order chi connectivity index (χ1) is 4.60. The van der Waals surface area contributed by atoms with Crippen molar-refractivity contribution >= 4 is 0 Å². The third-order valence-corrected chi connectivity index (χ3v) is 1.87. The van der Waals surface area contributed by atoms with Gasteiger partial charge in [0.05, 0.1) is 19.3 Å². The van der Waals surface area contributed by atoms with Gasteiger partial charge in [-0.15, -0.1) is 0 Å². The SMILES string of the molecule is C[C@@H]1OCC(O)(CO)[C@@H]1O. The Hall–Kier alpha value is -0.160. The zero-order chi connectivity index (χ0) is 7.78. The lowest BCUT2D eigenvalue weighted by molar-refractivity contribution is -0.0805. The molecule has 4 nitrogen and oxygen atoms in total. The molecule has 1 fully saturated rings.